The number of ether oxygens (including phenoxy) is 1. The van der Waals surface area contributed by atoms with E-state index in [1.807, 2.05) is 6.20 Å². The molecule has 14 heavy (non-hydrogen) atoms. The van der Waals surface area contributed by atoms with Crippen molar-refractivity contribution in [1.82, 2.24) is 9.78 Å². The van der Waals surface area contributed by atoms with Gasteiger partial charge in [-0.1, -0.05) is 0 Å². The molecule has 5 heteroatoms. The minimum atomic E-state index is 0.534. The van der Waals surface area contributed by atoms with Crippen LogP contribution in [0.15, 0.2) is 10.7 Å². The van der Waals surface area contributed by atoms with Crippen molar-refractivity contribution in [3.8, 4) is 0 Å². The summed E-state index contributed by atoms with van der Waals surface area (Å²) in [6.45, 7) is 2.38. The van der Waals surface area contributed by atoms with Crippen LogP contribution in [-0.4, -0.2) is 23.0 Å². The van der Waals surface area contributed by atoms with Crippen LogP contribution in [-0.2, 0) is 11.3 Å². The summed E-state index contributed by atoms with van der Waals surface area (Å²) in [7, 11) is 0. The van der Waals surface area contributed by atoms with Gasteiger partial charge in [-0.2, -0.15) is 5.10 Å². The molecule has 0 amide bonds. The van der Waals surface area contributed by atoms with Crippen molar-refractivity contribution in [2.45, 2.75) is 19.4 Å². The summed E-state index contributed by atoms with van der Waals surface area (Å²) in [5.74, 6) is 1.36. The van der Waals surface area contributed by atoms with E-state index < -0.39 is 0 Å². The second-order valence-corrected chi connectivity index (χ2v) is 4.50. The van der Waals surface area contributed by atoms with Crippen LogP contribution in [0.2, 0.25) is 0 Å². The maximum absolute atomic E-state index is 5.58. The Labute approximate surface area is 91.5 Å². The highest BCUT2D eigenvalue weighted by Crippen LogP contribution is 2.28. The maximum Gasteiger partial charge on any atom is 0.159 e. The van der Waals surface area contributed by atoms with Crippen LogP contribution >= 0.6 is 15.9 Å². The molecule has 2 N–H and O–H groups in total. The van der Waals surface area contributed by atoms with Crippen LogP contribution in [0.5, 0.6) is 0 Å². The van der Waals surface area contributed by atoms with E-state index in [2.05, 4.69) is 21.0 Å². The molecular weight excluding hydrogens is 246 g/mol. The van der Waals surface area contributed by atoms with Gasteiger partial charge < -0.3 is 10.5 Å². The topological polar surface area (TPSA) is 53.1 Å². The molecule has 78 valence electrons. The minimum Gasteiger partial charge on any atom is -0.381 e. The Hall–Kier alpha value is -0.550. The number of aromatic nitrogens is 2. The predicted molar refractivity (Wildman–Crippen MR) is 57.9 cm³/mol. The van der Waals surface area contributed by atoms with Crippen molar-refractivity contribution in [3.63, 3.8) is 0 Å². The predicted octanol–water partition coefficient (Wildman–Crippen LogP) is 1.65. The minimum absolute atomic E-state index is 0.534. The summed E-state index contributed by atoms with van der Waals surface area (Å²) in [5.41, 5.74) is 5.58. The normalized spacial score (nSPS) is 16.1. The van der Waals surface area contributed by atoms with Crippen molar-refractivity contribution < 1.29 is 4.74 Å². The fourth-order valence-electron chi connectivity index (χ4n) is 1.22. The SMILES string of the molecule is Nc1nn(CCOCC2CC2)cc1Br. The molecule has 0 bridgehead atoms. The molecule has 0 atom stereocenters. The van der Waals surface area contributed by atoms with E-state index >= 15 is 0 Å². The first-order chi connectivity index (χ1) is 6.75. The van der Waals surface area contributed by atoms with Gasteiger partial charge in [0.15, 0.2) is 5.82 Å². The van der Waals surface area contributed by atoms with Crippen LogP contribution in [0.3, 0.4) is 0 Å². The van der Waals surface area contributed by atoms with E-state index in [4.69, 9.17) is 10.5 Å². The number of nitrogens with two attached hydrogens (primary N) is 1. The van der Waals surface area contributed by atoms with Crippen LogP contribution in [0.4, 0.5) is 5.82 Å². The Balaban J connectivity index is 1.68. The van der Waals surface area contributed by atoms with Crippen LogP contribution in [0.25, 0.3) is 0 Å². The van der Waals surface area contributed by atoms with E-state index in [9.17, 15) is 0 Å². The number of nitrogen functional groups attached to an aromatic ring is 1. The maximum atomic E-state index is 5.58. The van der Waals surface area contributed by atoms with Crippen molar-refractivity contribution in [2.24, 2.45) is 5.92 Å². The first-order valence-electron chi connectivity index (χ1n) is 4.82. The molecule has 1 aliphatic rings. The van der Waals surface area contributed by atoms with Gasteiger partial charge in [-0.25, -0.2) is 0 Å². The van der Waals surface area contributed by atoms with E-state index in [0.29, 0.717) is 12.4 Å². The number of hydrogen-bond donors (Lipinski definition) is 1. The first-order valence-corrected chi connectivity index (χ1v) is 5.61. The smallest absolute Gasteiger partial charge is 0.159 e. The summed E-state index contributed by atoms with van der Waals surface area (Å²) in [6, 6.07) is 0. The highest BCUT2D eigenvalue weighted by Gasteiger charge is 2.20. The third kappa shape index (κ3) is 2.72. The number of rotatable bonds is 5. The average molecular weight is 260 g/mol. The van der Waals surface area contributed by atoms with E-state index in [-0.39, 0.29) is 0 Å². The molecule has 4 nitrogen and oxygen atoms in total. The molecule has 0 aliphatic heterocycles. The van der Waals surface area contributed by atoms with Gasteiger partial charge in [0.1, 0.15) is 0 Å². The van der Waals surface area contributed by atoms with Crippen molar-refractivity contribution >= 4 is 21.7 Å². The molecule has 2 rings (SSSR count). The molecule has 1 aliphatic carbocycles. The Kier molecular flexibility index (Phi) is 3.08. The lowest BCUT2D eigenvalue weighted by molar-refractivity contribution is 0.114. The van der Waals surface area contributed by atoms with Crippen molar-refractivity contribution in [1.29, 1.82) is 0 Å². The van der Waals surface area contributed by atoms with Gasteiger partial charge in [-0.05, 0) is 34.7 Å². The molecule has 1 fully saturated rings. The summed E-state index contributed by atoms with van der Waals surface area (Å²) in [5, 5.41) is 4.11. The Morgan fingerprint density at radius 3 is 3.00 bits per heavy atom. The second-order valence-electron chi connectivity index (χ2n) is 3.64. The van der Waals surface area contributed by atoms with Crippen LogP contribution in [0, 0.1) is 5.92 Å². The quantitative estimate of drug-likeness (QED) is 0.819. The third-order valence-electron chi connectivity index (χ3n) is 2.26. The zero-order chi connectivity index (χ0) is 9.97. The Morgan fingerprint density at radius 2 is 2.43 bits per heavy atom. The van der Waals surface area contributed by atoms with Gasteiger partial charge in [0.2, 0.25) is 0 Å². The van der Waals surface area contributed by atoms with Crippen molar-refractivity contribution in [2.75, 3.05) is 18.9 Å². The van der Waals surface area contributed by atoms with Gasteiger partial charge in [0, 0.05) is 12.8 Å². The lowest BCUT2D eigenvalue weighted by atomic mass is 10.5. The number of anilines is 1. The largest absolute Gasteiger partial charge is 0.381 e. The number of nitrogens with zero attached hydrogens (tertiary/aromatic N) is 2. The molecule has 1 heterocycles. The molecule has 0 aromatic carbocycles. The highest BCUT2D eigenvalue weighted by molar-refractivity contribution is 9.10. The van der Waals surface area contributed by atoms with Crippen LogP contribution in [0.1, 0.15) is 12.8 Å². The monoisotopic (exact) mass is 259 g/mol. The van der Waals surface area contributed by atoms with E-state index in [0.717, 1.165) is 23.5 Å². The zero-order valence-electron chi connectivity index (χ0n) is 7.95. The number of halogens is 1. The van der Waals surface area contributed by atoms with Gasteiger partial charge in [-0.15, -0.1) is 0 Å². The Bertz CT molecular complexity index is 290. The summed E-state index contributed by atoms with van der Waals surface area (Å²) >= 11 is 3.31. The van der Waals surface area contributed by atoms with Gasteiger partial charge in [-0.3, -0.25) is 4.68 Å². The average Bonchev–Trinajstić information content (AvgIpc) is 2.90. The first kappa shape index (κ1) is 9.98. The van der Waals surface area contributed by atoms with Gasteiger partial charge in [0.05, 0.1) is 17.6 Å². The number of hydrogen-bond acceptors (Lipinski definition) is 3. The van der Waals surface area contributed by atoms with Crippen molar-refractivity contribution in [3.05, 3.63) is 10.7 Å². The molecule has 0 unspecified atom stereocenters. The molecule has 1 saturated carbocycles. The second kappa shape index (κ2) is 4.31. The Morgan fingerprint density at radius 1 is 1.64 bits per heavy atom. The van der Waals surface area contributed by atoms with Gasteiger partial charge in [0.25, 0.3) is 0 Å². The summed E-state index contributed by atoms with van der Waals surface area (Å²) < 4.78 is 8.14. The molecular formula is C9H14BrN3O. The third-order valence-corrected chi connectivity index (χ3v) is 2.87. The molecule has 0 spiro atoms. The van der Waals surface area contributed by atoms with Gasteiger partial charge >= 0.3 is 0 Å². The standard InChI is InChI=1S/C9H14BrN3O/c10-8-5-13(12-9(8)11)3-4-14-6-7-1-2-7/h5,7H,1-4,6H2,(H2,11,12). The molecule has 0 saturated heterocycles. The highest BCUT2D eigenvalue weighted by atomic mass is 79.9. The zero-order valence-corrected chi connectivity index (χ0v) is 9.53. The summed E-state index contributed by atoms with van der Waals surface area (Å²) in [4.78, 5) is 0. The molecule has 0 radical (unpaired) electrons. The van der Waals surface area contributed by atoms with E-state index in [1.165, 1.54) is 12.8 Å². The fraction of sp³-hybridized carbons (Fsp3) is 0.667. The lowest BCUT2D eigenvalue weighted by Crippen LogP contribution is -2.08. The van der Waals surface area contributed by atoms with E-state index in [1.54, 1.807) is 4.68 Å². The lowest BCUT2D eigenvalue weighted by Gasteiger charge is -2.02. The molecule has 1 aromatic heterocycles. The molecule has 1 aromatic rings. The van der Waals surface area contributed by atoms with Crippen LogP contribution < -0.4 is 5.73 Å². The summed E-state index contributed by atoms with van der Waals surface area (Å²) in [6.07, 6.45) is 4.54. The fourth-order valence-corrected chi connectivity index (χ4v) is 1.53.